The molecule has 0 spiro atoms. The molecule has 14 nitrogen and oxygen atoms in total. The van der Waals surface area contributed by atoms with Crippen molar-refractivity contribution in [3.05, 3.63) is 15.3 Å². The number of nitrogen functional groups attached to an aromatic ring is 1. The summed E-state index contributed by atoms with van der Waals surface area (Å²) >= 11 is 0. The van der Waals surface area contributed by atoms with E-state index < -0.39 is 16.4 Å². The van der Waals surface area contributed by atoms with Crippen LogP contribution in [0.5, 0.6) is 0 Å². The normalized spacial score (nSPS) is 10.8. The summed E-state index contributed by atoms with van der Waals surface area (Å²) in [6, 6.07) is 0. The molecular weight excluding hydrogens is 280 g/mol. The second kappa shape index (κ2) is 3.97. The molecule has 3 heterocycles. The highest BCUT2D eigenvalue weighted by molar-refractivity contribution is 5.78. The van der Waals surface area contributed by atoms with E-state index in [1.807, 2.05) is 0 Å². The summed E-state index contributed by atoms with van der Waals surface area (Å²) in [4.78, 5) is 9.81. The summed E-state index contributed by atoms with van der Waals surface area (Å²) in [5.41, 5.74) is 4.09. The quantitative estimate of drug-likeness (QED) is 0.345. The van der Waals surface area contributed by atoms with E-state index >= 15 is 0 Å². The van der Waals surface area contributed by atoms with Gasteiger partial charge < -0.3 is 21.1 Å². The lowest BCUT2D eigenvalue weighted by Crippen LogP contribution is -2.25. The van der Waals surface area contributed by atoms with Crippen molar-refractivity contribution in [2.24, 2.45) is 0 Å². The van der Waals surface area contributed by atoms with Crippen LogP contribution in [0.2, 0.25) is 0 Å². The summed E-state index contributed by atoms with van der Waals surface area (Å²) in [5.74, 6) is -0.992. The number of nitrogens with two attached hydrogens (primary N) is 1. The zero-order chi connectivity index (χ0) is 14.3. The molecule has 3 aromatic rings. The van der Waals surface area contributed by atoms with Crippen molar-refractivity contribution in [3.63, 3.8) is 0 Å². The molecule has 0 amide bonds. The monoisotopic (exact) mass is 282 g/mol. The fraction of sp³-hybridized carbons (Fsp3) is 0. The summed E-state index contributed by atoms with van der Waals surface area (Å²) in [7, 11) is 0. The van der Waals surface area contributed by atoms with Crippen LogP contribution in [0.15, 0.2) is 13.9 Å². The maximum absolute atomic E-state index is 11.5. The van der Waals surface area contributed by atoms with Crippen molar-refractivity contribution >= 4 is 11.6 Å². The van der Waals surface area contributed by atoms with Gasteiger partial charge in [0.2, 0.25) is 11.5 Å². The highest BCUT2D eigenvalue weighted by atomic mass is 16.8. The molecule has 0 atom stereocenters. The second-order valence-corrected chi connectivity index (χ2v) is 3.32. The molecular formula is C6H2N8O6. The van der Waals surface area contributed by atoms with Crippen LogP contribution in [0.25, 0.3) is 22.8 Å². The number of nitro groups is 1. The summed E-state index contributed by atoms with van der Waals surface area (Å²) < 4.78 is 12.9. The van der Waals surface area contributed by atoms with Gasteiger partial charge in [0.05, 0.1) is 0 Å². The van der Waals surface area contributed by atoms with Gasteiger partial charge >= 0.3 is 5.82 Å². The summed E-state index contributed by atoms with van der Waals surface area (Å²) in [6.07, 6.45) is 0. The summed E-state index contributed by atoms with van der Waals surface area (Å²) in [5, 5.41) is 38.7. The van der Waals surface area contributed by atoms with E-state index in [4.69, 9.17) is 5.73 Å². The van der Waals surface area contributed by atoms with Gasteiger partial charge in [0.25, 0.3) is 17.1 Å². The van der Waals surface area contributed by atoms with Gasteiger partial charge in [-0.1, -0.05) is 0 Å². The number of hydrogen-bond donors (Lipinski definition) is 1. The third kappa shape index (κ3) is 1.51. The Labute approximate surface area is 106 Å². The first-order valence-electron chi connectivity index (χ1n) is 4.75. The van der Waals surface area contributed by atoms with Gasteiger partial charge in [0, 0.05) is 5.16 Å². The van der Waals surface area contributed by atoms with Crippen LogP contribution in [-0.4, -0.2) is 30.7 Å². The number of nitrogens with zero attached hydrogens (tertiary/aromatic N) is 7. The van der Waals surface area contributed by atoms with Crippen LogP contribution >= 0.6 is 0 Å². The second-order valence-electron chi connectivity index (χ2n) is 3.32. The zero-order valence-corrected chi connectivity index (χ0v) is 9.16. The van der Waals surface area contributed by atoms with Crippen molar-refractivity contribution in [1.29, 1.82) is 0 Å². The largest absolute Gasteiger partial charge is 0.446 e. The van der Waals surface area contributed by atoms with Crippen molar-refractivity contribution in [2.45, 2.75) is 0 Å². The molecule has 3 rings (SSSR count). The molecule has 102 valence electrons. The number of aromatic nitrogens is 6. The van der Waals surface area contributed by atoms with Crippen LogP contribution in [0.3, 0.4) is 0 Å². The fourth-order valence-electron chi connectivity index (χ4n) is 1.42. The maximum Gasteiger partial charge on any atom is 0.446 e. The fourth-order valence-corrected chi connectivity index (χ4v) is 1.42. The Hall–Kier alpha value is -3.58. The minimum atomic E-state index is -0.871. The third-order valence-corrected chi connectivity index (χ3v) is 2.22. The Morgan fingerprint density at radius 2 is 1.75 bits per heavy atom. The first-order chi connectivity index (χ1) is 9.59. The molecule has 0 aromatic carbocycles. The highest BCUT2D eigenvalue weighted by Crippen LogP contribution is 2.32. The lowest BCUT2D eigenvalue weighted by atomic mass is 10.2. The van der Waals surface area contributed by atoms with Crippen LogP contribution < -0.4 is 10.6 Å². The molecule has 0 radical (unpaired) electrons. The Morgan fingerprint density at radius 3 is 2.40 bits per heavy atom. The standard InChI is InChI=1S/C6H2N8O6/c7-5-3(9-18-11-5)4-1(10-20-14(4)17)2-6(13(15)16)12-19-8-2/h(H2,7,11). The first-order valence-corrected chi connectivity index (χ1v) is 4.75. The van der Waals surface area contributed by atoms with Crippen LogP contribution in [0, 0.1) is 15.3 Å². The SMILES string of the molecule is Nc1nonc1-c1c(-c2nonc2[N+](=O)[O-])no[n+]1[O-]. The molecule has 0 unspecified atom stereocenters. The number of rotatable bonds is 3. The maximum atomic E-state index is 11.5. The van der Waals surface area contributed by atoms with E-state index in [1.165, 1.54) is 0 Å². The average molecular weight is 282 g/mol. The molecule has 0 saturated carbocycles. The smallest absolute Gasteiger partial charge is 0.379 e. The van der Waals surface area contributed by atoms with Gasteiger partial charge in [-0.15, -0.1) is 4.63 Å². The lowest BCUT2D eigenvalue weighted by molar-refractivity contribution is -0.793. The van der Waals surface area contributed by atoms with E-state index in [1.54, 1.807) is 0 Å². The van der Waals surface area contributed by atoms with Crippen molar-refractivity contribution in [1.82, 2.24) is 25.8 Å². The van der Waals surface area contributed by atoms with Gasteiger partial charge in [-0.2, -0.15) is 0 Å². The van der Waals surface area contributed by atoms with Gasteiger partial charge in [-0.05, 0) is 25.3 Å². The molecule has 0 saturated heterocycles. The number of anilines is 1. The zero-order valence-electron chi connectivity index (χ0n) is 9.16. The molecule has 20 heavy (non-hydrogen) atoms. The number of hydrogen-bond acceptors (Lipinski definition) is 12. The predicted octanol–water partition coefficient (Wildman–Crippen LogP) is -1.10. The van der Waals surface area contributed by atoms with Gasteiger partial charge in [0.15, 0.2) is 5.16 Å². The predicted molar refractivity (Wildman–Crippen MR) is 53.1 cm³/mol. The topological polar surface area (TPSA) is 200 Å². The molecule has 0 aliphatic heterocycles. The molecule has 0 aliphatic rings. The third-order valence-electron chi connectivity index (χ3n) is 2.22. The Balaban J connectivity index is 2.24. The van der Waals surface area contributed by atoms with Gasteiger partial charge in [0.1, 0.15) is 0 Å². The minimum absolute atomic E-state index is 0.0797. The van der Waals surface area contributed by atoms with E-state index in [0.29, 0.717) is 0 Å². The van der Waals surface area contributed by atoms with E-state index in [0.717, 1.165) is 0 Å². The molecule has 2 N–H and O–H groups in total. The average Bonchev–Trinajstić information content (AvgIpc) is 3.08. The van der Waals surface area contributed by atoms with Crippen LogP contribution in [0.4, 0.5) is 11.6 Å². The van der Waals surface area contributed by atoms with Crippen LogP contribution in [0.1, 0.15) is 0 Å². The lowest BCUT2D eigenvalue weighted by Gasteiger charge is -1.91. The molecule has 0 aliphatic carbocycles. The first kappa shape index (κ1) is 11.5. The summed E-state index contributed by atoms with van der Waals surface area (Å²) in [6.45, 7) is 0. The van der Waals surface area contributed by atoms with Gasteiger partial charge in [-0.3, -0.25) is 4.63 Å². The molecule has 3 aromatic heterocycles. The molecule has 0 fully saturated rings. The highest BCUT2D eigenvalue weighted by Gasteiger charge is 2.37. The molecule has 0 bridgehead atoms. The van der Waals surface area contributed by atoms with Crippen molar-refractivity contribution < 1.29 is 23.7 Å². The Bertz CT molecular complexity index is 787. The van der Waals surface area contributed by atoms with Crippen LogP contribution in [-0.2, 0) is 0 Å². The molecule has 14 heteroatoms. The van der Waals surface area contributed by atoms with Gasteiger partial charge in [-0.25, -0.2) is 4.63 Å². The van der Waals surface area contributed by atoms with Crippen molar-refractivity contribution in [2.75, 3.05) is 5.73 Å². The van der Waals surface area contributed by atoms with E-state index in [2.05, 4.69) is 39.7 Å². The van der Waals surface area contributed by atoms with E-state index in [-0.39, 0.29) is 27.8 Å². The Kier molecular flexibility index (Phi) is 2.28. The minimum Gasteiger partial charge on any atom is -0.379 e. The van der Waals surface area contributed by atoms with Crippen molar-refractivity contribution in [3.8, 4) is 22.8 Å². The van der Waals surface area contributed by atoms with E-state index in [9.17, 15) is 15.3 Å². The Morgan fingerprint density at radius 1 is 1.05 bits per heavy atom.